The van der Waals surface area contributed by atoms with Crippen molar-refractivity contribution in [3.63, 3.8) is 0 Å². The second-order valence-corrected chi connectivity index (χ2v) is 7.31. The number of likely N-dealkylation sites (tertiary alicyclic amines) is 1. The van der Waals surface area contributed by atoms with Gasteiger partial charge in [-0.3, -0.25) is 0 Å². The molecule has 0 spiro atoms. The molecule has 146 valence electrons. The number of rotatable bonds is 7. The summed E-state index contributed by atoms with van der Waals surface area (Å²) >= 11 is 12.0. The van der Waals surface area contributed by atoms with E-state index >= 15 is 0 Å². The average molecular weight is 411 g/mol. The zero-order valence-corrected chi connectivity index (χ0v) is 17.1. The highest BCUT2D eigenvalue weighted by Gasteiger charge is 2.20. The minimum Gasteiger partial charge on any atom is -0.491 e. The van der Waals surface area contributed by atoms with Crippen molar-refractivity contribution < 1.29 is 9.47 Å². The van der Waals surface area contributed by atoms with Gasteiger partial charge in [0.15, 0.2) is 11.6 Å². The molecular weight excluding hydrogens is 387 g/mol. The van der Waals surface area contributed by atoms with E-state index in [0.717, 1.165) is 56.4 Å². The van der Waals surface area contributed by atoms with E-state index in [-0.39, 0.29) is 6.10 Å². The summed E-state index contributed by atoms with van der Waals surface area (Å²) in [6, 6.07) is 5.40. The molecule has 0 saturated carbocycles. The molecular formula is C19H24Cl2N4O2. The molecule has 1 aromatic heterocycles. The first-order valence-corrected chi connectivity index (χ1v) is 9.76. The van der Waals surface area contributed by atoms with Crippen LogP contribution in [0, 0.1) is 6.92 Å². The largest absolute Gasteiger partial charge is 0.491 e. The minimum absolute atomic E-state index is 0.205. The zero-order chi connectivity index (χ0) is 19.2. The van der Waals surface area contributed by atoms with Crippen molar-refractivity contribution in [2.45, 2.75) is 25.9 Å². The molecule has 2 aromatic rings. The third-order valence-corrected chi connectivity index (χ3v) is 5.28. The molecule has 27 heavy (non-hydrogen) atoms. The molecule has 1 aromatic carbocycles. The SMILES string of the molecule is COc1cnc(C)nc1NCCN1CCC(Oc2ccc(Cl)c(Cl)c2)CC1. The second-order valence-electron chi connectivity index (χ2n) is 6.50. The number of piperidine rings is 1. The number of anilines is 1. The van der Waals surface area contributed by atoms with Crippen LogP contribution in [0.4, 0.5) is 5.82 Å². The fourth-order valence-electron chi connectivity index (χ4n) is 3.06. The Kier molecular flexibility index (Phi) is 6.99. The van der Waals surface area contributed by atoms with E-state index in [0.29, 0.717) is 15.8 Å². The van der Waals surface area contributed by atoms with Crippen molar-refractivity contribution in [2.75, 3.05) is 38.6 Å². The van der Waals surface area contributed by atoms with Crippen LogP contribution in [0.1, 0.15) is 18.7 Å². The van der Waals surface area contributed by atoms with Crippen molar-refractivity contribution in [3.8, 4) is 11.5 Å². The van der Waals surface area contributed by atoms with Gasteiger partial charge >= 0.3 is 0 Å². The van der Waals surface area contributed by atoms with Crippen molar-refractivity contribution in [1.29, 1.82) is 0 Å². The fraction of sp³-hybridized carbons (Fsp3) is 0.474. The molecule has 1 fully saturated rings. The number of aromatic nitrogens is 2. The number of nitrogens with zero attached hydrogens (tertiary/aromatic N) is 3. The predicted molar refractivity (Wildman–Crippen MR) is 108 cm³/mol. The maximum Gasteiger partial charge on any atom is 0.179 e. The molecule has 0 unspecified atom stereocenters. The Morgan fingerprint density at radius 1 is 1.22 bits per heavy atom. The summed E-state index contributed by atoms with van der Waals surface area (Å²) in [6.07, 6.45) is 3.86. The van der Waals surface area contributed by atoms with Gasteiger partial charge in [0.1, 0.15) is 17.7 Å². The third kappa shape index (κ3) is 5.61. The molecule has 0 aliphatic carbocycles. The number of hydrogen-bond donors (Lipinski definition) is 1. The third-order valence-electron chi connectivity index (χ3n) is 4.54. The van der Waals surface area contributed by atoms with Crippen molar-refractivity contribution in [2.24, 2.45) is 0 Å². The molecule has 1 aliphatic heterocycles. The number of benzene rings is 1. The van der Waals surface area contributed by atoms with Crippen LogP contribution < -0.4 is 14.8 Å². The van der Waals surface area contributed by atoms with Crippen LogP contribution in [0.2, 0.25) is 10.0 Å². The lowest BCUT2D eigenvalue weighted by Gasteiger charge is -2.32. The highest BCUT2D eigenvalue weighted by atomic mass is 35.5. The topological polar surface area (TPSA) is 59.5 Å². The monoisotopic (exact) mass is 410 g/mol. The maximum atomic E-state index is 6.05. The molecule has 6 nitrogen and oxygen atoms in total. The Morgan fingerprint density at radius 3 is 2.70 bits per heavy atom. The van der Waals surface area contributed by atoms with E-state index in [9.17, 15) is 0 Å². The average Bonchev–Trinajstić information content (AvgIpc) is 2.66. The highest BCUT2D eigenvalue weighted by Crippen LogP contribution is 2.28. The van der Waals surface area contributed by atoms with Crippen LogP contribution in [0.5, 0.6) is 11.5 Å². The summed E-state index contributed by atoms with van der Waals surface area (Å²) in [5.41, 5.74) is 0. The summed E-state index contributed by atoms with van der Waals surface area (Å²) in [5.74, 6) is 2.89. The van der Waals surface area contributed by atoms with Crippen LogP contribution in [0.25, 0.3) is 0 Å². The minimum atomic E-state index is 0.205. The Hall–Kier alpha value is -1.76. The first-order valence-electron chi connectivity index (χ1n) is 9.00. The number of ether oxygens (including phenoxy) is 2. The van der Waals surface area contributed by atoms with E-state index in [1.165, 1.54) is 0 Å². The Bertz CT molecular complexity index is 767. The lowest BCUT2D eigenvalue weighted by molar-refractivity contribution is 0.103. The van der Waals surface area contributed by atoms with Crippen LogP contribution in [0.15, 0.2) is 24.4 Å². The number of aryl methyl sites for hydroxylation is 1. The van der Waals surface area contributed by atoms with Gasteiger partial charge in [-0.1, -0.05) is 23.2 Å². The number of nitrogens with one attached hydrogen (secondary N) is 1. The normalized spacial score (nSPS) is 15.6. The van der Waals surface area contributed by atoms with Crippen molar-refractivity contribution in [1.82, 2.24) is 14.9 Å². The standard InChI is InChI=1S/C19H24Cl2N4O2/c1-13-23-12-18(26-2)19(24-13)22-7-10-25-8-5-14(6-9-25)27-15-3-4-16(20)17(21)11-15/h3-4,11-12,14H,5-10H2,1-2H3,(H,22,23,24). The summed E-state index contributed by atoms with van der Waals surface area (Å²) < 4.78 is 11.3. The molecule has 2 heterocycles. The first kappa shape index (κ1) is 20.0. The van der Waals surface area contributed by atoms with Crippen LogP contribution in [0.3, 0.4) is 0 Å². The molecule has 1 saturated heterocycles. The molecule has 1 aliphatic rings. The smallest absolute Gasteiger partial charge is 0.179 e. The van der Waals surface area contributed by atoms with E-state index in [2.05, 4.69) is 20.2 Å². The molecule has 3 rings (SSSR count). The molecule has 8 heteroatoms. The van der Waals surface area contributed by atoms with Gasteiger partial charge in [0, 0.05) is 32.2 Å². The second kappa shape index (κ2) is 9.44. The van der Waals surface area contributed by atoms with Gasteiger partial charge in [0.2, 0.25) is 0 Å². The van der Waals surface area contributed by atoms with E-state index in [1.807, 2.05) is 13.0 Å². The van der Waals surface area contributed by atoms with Crippen LogP contribution >= 0.6 is 23.2 Å². The fourth-order valence-corrected chi connectivity index (χ4v) is 3.35. The molecule has 0 atom stereocenters. The van der Waals surface area contributed by atoms with E-state index in [4.69, 9.17) is 32.7 Å². The van der Waals surface area contributed by atoms with Crippen LogP contribution in [-0.4, -0.2) is 54.3 Å². The van der Waals surface area contributed by atoms with Gasteiger partial charge < -0.3 is 19.7 Å². The van der Waals surface area contributed by atoms with Gasteiger partial charge in [-0.15, -0.1) is 0 Å². The number of halogens is 2. The first-order chi connectivity index (χ1) is 13.0. The summed E-state index contributed by atoms with van der Waals surface area (Å²) in [5, 5.41) is 4.40. The summed E-state index contributed by atoms with van der Waals surface area (Å²) in [4.78, 5) is 11.0. The van der Waals surface area contributed by atoms with Gasteiger partial charge in [0.25, 0.3) is 0 Å². The molecule has 0 radical (unpaired) electrons. The van der Waals surface area contributed by atoms with Gasteiger partial charge in [-0.05, 0) is 31.9 Å². The summed E-state index contributed by atoms with van der Waals surface area (Å²) in [7, 11) is 1.62. The number of methoxy groups -OCH3 is 1. The maximum absolute atomic E-state index is 6.05. The van der Waals surface area contributed by atoms with E-state index in [1.54, 1.807) is 25.4 Å². The van der Waals surface area contributed by atoms with Crippen LogP contribution in [-0.2, 0) is 0 Å². The Morgan fingerprint density at radius 2 is 2.00 bits per heavy atom. The van der Waals surface area contributed by atoms with Gasteiger partial charge in [0.05, 0.1) is 23.4 Å². The quantitative estimate of drug-likeness (QED) is 0.742. The predicted octanol–water partition coefficient (Wildman–Crippen LogP) is 4.06. The van der Waals surface area contributed by atoms with Crippen molar-refractivity contribution in [3.05, 3.63) is 40.3 Å². The molecule has 0 amide bonds. The summed E-state index contributed by atoms with van der Waals surface area (Å²) in [6.45, 7) is 5.58. The van der Waals surface area contributed by atoms with Crippen molar-refractivity contribution >= 4 is 29.0 Å². The van der Waals surface area contributed by atoms with E-state index < -0.39 is 0 Å². The highest BCUT2D eigenvalue weighted by molar-refractivity contribution is 6.42. The van der Waals surface area contributed by atoms with Gasteiger partial charge in [-0.25, -0.2) is 9.97 Å². The molecule has 0 bridgehead atoms. The molecule has 1 N–H and O–H groups in total. The zero-order valence-electron chi connectivity index (χ0n) is 15.5. The Labute approximate surface area is 169 Å². The Balaban J connectivity index is 1.42. The number of hydrogen-bond acceptors (Lipinski definition) is 6. The van der Waals surface area contributed by atoms with Gasteiger partial charge in [-0.2, -0.15) is 0 Å². The lowest BCUT2D eigenvalue weighted by atomic mass is 10.1. The lowest BCUT2D eigenvalue weighted by Crippen LogP contribution is -2.40.